The van der Waals surface area contributed by atoms with E-state index in [0.29, 0.717) is 19.1 Å². The Hall–Kier alpha value is -2.57. The second kappa shape index (κ2) is 8.50. The minimum atomic E-state index is 0.581. The van der Waals surface area contributed by atoms with Crippen LogP contribution >= 0.6 is 0 Å². The van der Waals surface area contributed by atoms with Gasteiger partial charge in [0.05, 0.1) is 18.9 Å². The Morgan fingerprint density at radius 2 is 2.36 bits per heavy atom. The van der Waals surface area contributed by atoms with E-state index in [1.54, 1.807) is 12.4 Å². The van der Waals surface area contributed by atoms with E-state index in [1.165, 1.54) is 12.0 Å². The van der Waals surface area contributed by atoms with Gasteiger partial charge in [0, 0.05) is 39.6 Å². The Morgan fingerprint density at radius 3 is 3.08 bits per heavy atom. The molecular weight excluding hydrogens is 316 g/mol. The van der Waals surface area contributed by atoms with Crippen molar-refractivity contribution in [1.82, 2.24) is 25.0 Å². The van der Waals surface area contributed by atoms with E-state index < -0.39 is 0 Å². The van der Waals surface area contributed by atoms with Gasteiger partial charge in [-0.15, -0.1) is 0 Å². The lowest BCUT2D eigenvalue weighted by molar-refractivity contribution is 0.318. The van der Waals surface area contributed by atoms with Crippen LogP contribution in [-0.2, 0) is 13.5 Å². The zero-order valence-electron chi connectivity index (χ0n) is 14.9. The van der Waals surface area contributed by atoms with Crippen LogP contribution in [0.3, 0.4) is 0 Å². The molecule has 1 unspecified atom stereocenters. The summed E-state index contributed by atoms with van der Waals surface area (Å²) >= 11 is 0. The number of guanidine groups is 1. The van der Waals surface area contributed by atoms with Crippen LogP contribution in [0.25, 0.3) is 0 Å². The number of pyridine rings is 1. The van der Waals surface area contributed by atoms with E-state index in [4.69, 9.17) is 4.74 Å². The maximum absolute atomic E-state index is 5.66. The molecule has 1 fully saturated rings. The van der Waals surface area contributed by atoms with Crippen molar-refractivity contribution in [2.75, 3.05) is 33.3 Å². The molecule has 1 saturated heterocycles. The number of rotatable bonds is 6. The molecule has 1 N–H and O–H groups in total. The molecule has 3 rings (SSSR count). The van der Waals surface area contributed by atoms with Crippen LogP contribution < -0.4 is 10.1 Å². The van der Waals surface area contributed by atoms with Crippen LogP contribution in [0.2, 0.25) is 0 Å². The van der Waals surface area contributed by atoms with Crippen molar-refractivity contribution < 1.29 is 4.74 Å². The Labute approximate surface area is 148 Å². The number of hydrogen-bond acceptors (Lipinski definition) is 4. The largest absolute Gasteiger partial charge is 0.490 e. The van der Waals surface area contributed by atoms with Gasteiger partial charge in [-0.2, -0.15) is 5.10 Å². The molecule has 2 aromatic heterocycles. The van der Waals surface area contributed by atoms with Crippen LogP contribution in [0.5, 0.6) is 5.75 Å². The monoisotopic (exact) mass is 342 g/mol. The first-order valence-corrected chi connectivity index (χ1v) is 8.70. The highest BCUT2D eigenvalue weighted by atomic mass is 16.5. The number of hydrogen-bond donors (Lipinski definition) is 1. The molecule has 7 heteroatoms. The molecule has 0 aromatic carbocycles. The molecule has 0 spiro atoms. The zero-order valence-corrected chi connectivity index (χ0v) is 14.9. The Kier molecular flexibility index (Phi) is 5.87. The summed E-state index contributed by atoms with van der Waals surface area (Å²) in [4.78, 5) is 10.8. The highest BCUT2D eigenvalue weighted by Crippen LogP contribution is 2.20. The third-order valence-corrected chi connectivity index (χ3v) is 4.37. The van der Waals surface area contributed by atoms with E-state index in [0.717, 1.165) is 31.2 Å². The number of nitrogens with one attached hydrogen (secondary N) is 1. The normalized spacial score (nSPS) is 17.8. The molecule has 25 heavy (non-hydrogen) atoms. The van der Waals surface area contributed by atoms with Crippen molar-refractivity contribution in [3.63, 3.8) is 0 Å². The maximum Gasteiger partial charge on any atom is 0.193 e. The van der Waals surface area contributed by atoms with Gasteiger partial charge in [0.15, 0.2) is 5.96 Å². The van der Waals surface area contributed by atoms with Crippen LogP contribution in [0, 0.1) is 5.92 Å². The van der Waals surface area contributed by atoms with Crippen LogP contribution in [0.15, 0.2) is 41.9 Å². The van der Waals surface area contributed by atoms with Gasteiger partial charge in [-0.05, 0) is 36.5 Å². The second-order valence-electron chi connectivity index (χ2n) is 6.34. The first kappa shape index (κ1) is 17.3. The summed E-state index contributed by atoms with van der Waals surface area (Å²) in [7, 11) is 3.79. The Morgan fingerprint density at radius 1 is 1.44 bits per heavy atom. The molecule has 1 aliphatic heterocycles. The summed E-state index contributed by atoms with van der Waals surface area (Å²) in [5.41, 5.74) is 1.31. The molecule has 0 bridgehead atoms. The van der Waals surface area contributed by atoms with E-state index in [2.05, 4.69) is 31.5 Å². The van der Waals surface area contributed by atoms with Gasteiger partial charge in [0.1, 0.15) is 12.4 Å². The molecule has 2 aromatic rings. The van der Waals surface area contributed by atoms with Gasteiger partial charge in [-0.25, -0.2) is 0 Å². The predicted molar refractivity (Wildman–Crippen MR) is 97.7 cm³/mol. The smallest absolute Gasteiger partial charge is 0.193 e. The number of aliphatic imine (C=N–C) groups is 1. The summed E-state index contributed by atoms with van der Waals surface area (Å²) in [6.07, 6.45) is 9.78. The van der Waals surface area contributed by atoms with Gasteiger partial charge in [0.25, 0.3) is 0 Å². The van der Waals surface area contributed by atoms with Gasteiger partial charge in [-0.3, -0.25) is 14.7 Å². The molecule has 0 radical (unpaired) electrons. The first-order chi connectivity index (χ1) is 12.2. The summed E-state index contributed by atoms with van der Waals surface area (Å²) < 4.78 is 7.52. The van der Waals surface area contributed by atoms with Crippen molar-refractivity contribution >= 4 is 5.96 Å². The van der Waals surface area contributed by atoms with Gasteiger partial charge < -0.3 is 15.0 Å². The fraction of sp³-hybridized carbons (Fsp3) is 0.500. The topological polar surface area (TPSA) is 67.6 Å². The average Bonchev–Trinajstić information content (AvgIpc) is 3.25. The summed E-state index contributed by atoms with van der Waals surface area (Å²) in [6.45, 7) is 3.36. The summed E-state index contributed by atoms with van der Waals surface area (Å²) in [5.74, 6) is 2.38. The number of likely N-dealkylation sites (tertiary alicyclic amines) is 1. The lowest BCUT2D eigenvalue weighted by Gasteiger charge is -2.21. The Bertz CT molecular complexity index is 684. The molecule has 0 amide bonds. The molecule has 3 heterocycles. The molecule has 7 nitrogen and oxygen atoms in total. The minimum absolute atomic E-state index is 0.581. The number of aromatic nitrogens is 3. The number of nitrogens with zero attached hydrogens (tertiary/aromatic N) is 5. The lowest BCUT2D eigenvalue weighted by atomic mass is 10.0. The standard InChI is InChI=1S/C18H26N6O/c1-19-18(21-7-9-25-17-4-3-6-20-12-17)24-8-5-15(14-24)10-16-11-22-23(2)13-16/h3-4,6,11-13,15H,5,7-10,14H2,1-2H3,(H,19,21). The van der Waals surface area contributed by atoms with Crippen molar-refractivity contribution in [1.29, 1.82) is 0 Å². The Balaban J connectivity index is 1.41. The van der Waals surface area contributed by atoms with Crippen LogP contribution in [0.1, 0.15) is 12.0 Å². The third kappa shape index (κ3) is 4.95. The average molecular weight is 342 g/mol. The van der Waals surface area contributed by atoms with E-state index >= 15 is 0 Å². The quantitative estimate of drug-likeness (QED) is 0.487. The second-order valence-corrected chi connectivity index (χ2v) is 6.34. The zero-order chi connectivity index (χ0) is 17.5. The molecule has 0 saturated carbocycles. The molecular formula is C18H26N6O. The van der Waals surface area contributed by atoms with Gasteiger partial charge >= 0.3 is 0 Å². The maximum atomic E-state index is 5.66. The van der Waals surface area contributed by atoms with Crippen LogP contribution in [0.4, 0.5) is 0 Å². The minimum Gasteiger partial charge on any atom is -0.490 e. The van der Waals surface area contributed by atoms with Crippen molar-refractivity contribution in [2.45, 2.75) is 12.8 Å². The lowest BCUT2D eigenvalue weighted by Crippen LogP contribution is -2.41. The third-order valence-electron chi connectivity index (χ3n) is 4.37. The van der Waals surface area contributed by atoms with Crippen molar-refractivity contribution in [3.8, 4) is 5.75 Å². The fourth-order valence-electron chi connectivity index (χ4n) is 3.20. The highest BCUT2D eigenvalue weighted by molar-refractivity contribution is 5.80. The van der Waals surface area contributed by atoms with E-state index in [-0.39, 0.29) is 0 Å². The summed E-state index contributed by atoms with van der Waals surface area (Å²) in [6, 6.07) is 3.78. The number of aryl methyl sites for hydroxylation is 1. The predicted octanol–water partition coefficient (Wildman–Crippen LogP) is 1.33. The van der Waals surface area contributed by atoms with Gasteiger partial charge in [-0.1, -0.05) is 0 Å². The van der Waals surface area contributed by atoms with Crippen molar-refractivity contribution in [3.05, 3.63) is 42.5 Å². The first-order valence-electron chi connectivity index (χ1n) is 8.70. The number of ether oxygens (including phenoxy) is 1. The molecule has 1 atom stereocenters. The van der Waals surface area contributed by atoms with E-state index in [1.807, 2.05) is 37.1 Å². The van der Waals surface area contributed by atoms with Gasteiger partial charge in [0.2, 0.25) is 0 Å². The van der Waals surface area contributed by atoms with E-state index in [9.17, 15) is 0 Å². The molecule has 134 valence electrons. The fourth-order valence-corrected chi connectivity index (χ4v) is 3.20. The summed E-state index contributed by atoms with van der Waals surface area (Å²) in [5, 5.41) is 7.64. The molecule has 1 aliphatic rings. The SMILES string of the molecule is CN=C(NCCOc1cccnc1)N1CCC(Cc2cnn(C)c2)C1. The molecule has 0 aliphatic carbocycles. The van der Waals surface area contributed by atoms with Crippen molar-refractivity contribution in [2.24, 2.45) is 18.0 Å². The van der Waals surface area contributed by atoms with Crippen LogP contribution in [-0.4, -0.2) is 58.9 Å². The highest BCUT2D eigenvalue weighted by Gasteiger charge is 2.25.